The highest BCUT2D eigenvalue weighted by atomic mass is 16.5. The molecule has 0 amide bonds. The minimum Gasteiger partial charge on any atom is -0.465 e. The smallest absolute Gasteiger partial charge is 0.319 e. The molecule has 14 heavy (non-hydrogen) atoms. The van der Waals surface area contributed by atoms with Gasteiger partial charge in [0, 0.05) is 12.2 Å². The summed E-state index contributed by atoms with van der Waals surface area (Å²) in [6.45, 7) is 4.37. The quantitative estimate of drug-likeness (QED) is 0.679. The Morgan fingerprint density at radius 1 is 1.79 bits per heavy atom. The molecule has 1 aromatic rings. The number of carbonyl (C=O) groups excluding carboxylic acids is 1. The van der Waals surface area contributed by atoms with Crippen molar-refractivity contribution in [2.75, 3.05) is 13.2 Å². The average molecular weight is 197 g/mol. The molecule has 78 valence electrons. The van der Waals surface area contributed by atoms with E-state index in [4.69, 9.17) is 4.74 Å². The van der Waals surface area contributed by atoms with Gasteiger partial charge in [-0.25, -0.2) is 0 Å². The first kappa shape index (κ1) is 10.7. The highest BCUT2D eigenvalue weighted by Crippen LogP contribution is 2.06. The number of carbonyl (C=O) groups is 1. The van der Waals surface area contributed by atoms with E-state index >= 15 is 0 Å². The molecule has 0 radical (unpaired) electrons. The Morgan fingerprint density at radius 3 is 3.14 bits per heavy atom. The maximum atomic E-state index is 11.0. The first-order valence-corrected chi connectivity index (χ1v) is 4.62. The predicted molar refractivity (Wildman–Crippen MR) is 51.6 cm³/mol. The van der Waals surface area contributed by atoms with Gasteiger partial charge in [0.25, 0.3) is 0 Å². The van der Waals surface area contributed by atoms with E-state index in [2.05, 4.69) is 15.5 Å². The molecule has 1 unspecified atom stereocenters. The van der Waals surface area contributed by atoms with Crippen LogP contribution < -0.4 is 5.32 Å². The van der Waals surface area contributed by atoms with Gasteiger partial charge in [0.1, 0.15) is 0 Å². The fourth-order valence-corrected chi connectivity index (χ4v) is 1.07. The van der Waals surface area contributed by atoms with Crippen molar-refractivity contribution in [1.82, 2.24) is 15.5 Å². The second kappa shape index (κ2) is 5.39. The topological polar surface area (TPSA) is 67.0 Å². The van der Waals surface area contributed by atoms with Crippen LogP contribution >= 0.6 is 0 Å². The van der Waals surface area contributed by atoms with Crippen LogP contribution in [0, 0.1) is 0 Å². The van der Waals surface area contributed by atoms with Gasteiger partial charge < -0.3 is 4.74 Å². The zero-order valence-corrected chi connectivity index (χ0v) is 8.41. The van der Waals surface area contributed by atoms with Gasteiger partial charge in [-0.15, -0.1) is 0 Å². The number of aromatic nitrogens is 2. The fourth-order valence-electron chi connectivity index (χ4n) is 1.07. The Balaban J connectivity index is 2.28. The number of H-pyrrole nitrogens is 1. The normalized spacial score (nSPS) is 12.4. The van der Waals surface area contributed by atoms with Crippen LogP contribution in [0.3, 0.4) is 0 Å². The lowest BCUT2D eigenvalue weighted by Gasteiger charge is -2.10. The summed E-state index contributed by atoms with van der Waals surface area (Å²) in [5.74, 6) is -0.237. The number of nitrogens with one attached hydrogen (secondary N) is 2. The van der Waals surface area contributed by atoms with Crippen molar-refractivity contribution in [3.63, 3.8) is 0 Å². The Labute approximate surface area is 82.8 Å². The van der Waals surface area contributed by atoms with Crippen LogP contribution in [0.4, 0.5) is 0 Å². The summed E-state index contributed by atoms with van der Waals surface area (Å²) >= 11 is 0. The van der Waals surface area contributed by atoms with E-state index in [0.717, 1.165) is 5.69 Å². The lowest BCUT2D eigenvalue weighted by atomic mass is 10.2. The third-order valence-corrected chi connectivity index (χ3v) is 1.85. The van der Waals surface area contributed by atoms with Gasteiger partial charge in [-0.05, 0) is 19.9 Å². The van der Waals surface area contributed by atoms with Crippen molar-refractivity contribution in [2.45, 2.75) is 19.9 Å². The van der Waals surface area contributed by atoms with Gasteiger partial charge in [-0.3, -0.25) is 15.2 Å². The van der Waals surface area contributed by atoms with Gasteiger partial charge in [0.2, 0.25) is 0 Å². The SMILES string of the molecule is CCOC(=O)CNC(C)c1ccn[nH]1. The Hall–Kier alpha value is -1.36. The Kier molecular flexibility index (Phi) is 4.12. The van der Waals surface area contributed by atoms with Crippen molar-refractivity contribution in [1.29, 1.82) is 0 Å². The molecule has 0 fully saturated rings. The molecule has 5 heteroatoms. The number of nitrogens with zero attached hydrogens (tertiary/aromatic N) is 1. The maximum absolute atomic E-state index is 11.0. The molecule has 5 nitrogen and oxygen atoms in total. The van der Waals surface area contributed by atoms with Crippen LogP contribution in [0.25, 0.3) is 0 Å². The molecule has 0 saturated carbocycles. The zero-order valence-electron chi connectivity index (χ0n) is 8.41. The van der Waals surface area contributed by atoms with E-state index in [0.29, 0.717) is 6.61 Å². The lowest BCUT2D eigenvalue weighted by molar-refractivity contribution is -0.142. The highest BCUT2D eigenvalue weighted by molar-refractivity contribution is 5.71. The van der Waals surface area contributed by atoms with Crippen LogP contribution in [0.2, 0.25) is 0 Å². The average Bonchev–Trinajstić information content (AvgIpc) is 2.67. The van der Waals surface area contributed by atoms with Crippen molar-refractivity contribution >= 4 is 5.97 Å². The molecule has 0 saturated heterocycles. The molecule has 1 aromatic heterocycles. The standard InChI is InChI=1S/C9H15N3O2/c1-3-14-9(13)6-10-7(2)8-4-5-11-12-8/h4-5,7,10H,3,6H2,1-2H3,(H,11,12). The van der Waals surface area contributed by atoms with E-state index < -0.39 is 0 Å². The third-order valence-electron chi connectivity index (χ3n) is 1.85. The number of rotatable bonds is 5. The highest BCUT2D eigenvalue weighted by Gasteiger charge is 2.08. The summed E-state index contributed by atoms with van der Waals surface area (Å²) in [6, 6.07) is 1.94. The van der Waals surface area contributed by atoms with E-state index in [1.54, 1.807) is 13.1 Å². The molecule has 0 spiro atoms. The molecule has 0 aromatic carbocycles. The summed E-state index contributed by atoms with van der Waals surface area (Å²) in [5, 5.41) is 9.68. The van der Waals surface area contributed by atoms with Crippen LogP contribution in [0.1, 0.15) is 25.6 Å². The molecule has 1 rings (SSSR count). The molecular formula is C9H15N3O2. The van der Waals surface area contributed by atoms with Gasteiger partial charge in [0.05, 0.1) is 18.8 Å². The van der Waals surface area contributed by atoms with E-state index in [1.807, 2.05) is 13.0 Å². The number of hydrogen-bond acceptors (Lipinski definition) is 4. The van der Waals surface area contributed by atoms with Crippen molar-refractivity contribution in [2.24, 2.45) is 0 Å². The number of esters is 1. The molecule has 0 aliphatic rings. The van der Waals surface area contributed by atoms with Crippen LogP contribution in [-0.4, -0.2) is 29.3 Å². The predicted octanol–water partition coefficient (Wildman–Crippen LogP) is 0.623. The zero-order chi connectivity index (χ0) is 10.4. The van der Waals surface area contributed by atoms with E-state index in [9.17, 15) is 4.79 Å². The first-order chi connectivity index (χ1) is 6.74. The summed E-state index contributed by atoms with van der Waals surface area (Å²) in [4.78, 5) is 11.0. The summed E-state index contributed by atoms with van der Waals surface area (Å²) in [6.07, 6.45) is 1.68. The number of aromatic amines is 1. The molecule has 1 heterocycles. The Morgan fingerprint density at radius 2 is 2.57 bits per heavy atom. The van der Waals surface area contributed by atoms with E-state index in [-0.39, 0.29) is 18.6 Å². The van der Waals surface area contributed by atoms with E-state index in [1.165, 1.54) is 0 Å². The third kappa shape index (κ3) is 3.18. The van der Waals surface area contributed by atoms with Gasteiger partial charge >= 0.3 is 5.97 Å². The van der Waals surface area contributed by atoms with Crippen LogP contribution in [0.5, 0.6) is 0 Å². The first-order valence-electron chi connectivity index (χ1n) is 4.62. The minimum absolute atomic E-state index is 0.0712. The molecule has 0 aliphatic heterocycles. The number of hydrogen-bond donors (Lipinski definition) is 2. The minimum atomic E-state index is -0.237. The van der Waals surface area contributed by atoms with Crippen molar-refractivity contribution in [3.05, 3.63) is 18.0 Å². The fraction of sp³-hybridized carbons (Fsp3) is 0.556. The second-order valence-corrected chi connectivity index (χ2v) is 2.92. The summed E-state index contributed by atoms with van der Waals surface area (Å²) in [7, 11) is 0. The van der Waals surface area contributed by atoms with Crippen molar-refractivity contribution < 1.29 is 9.53 Å². The van der Waals surface area contributed by atoms with Gasteiger partial charge in [0.15, 0.2) is 0 Å². The lowest BCUT2D eigenvalue weighted by Crippen LogP contribution is -2.27. The summed E-state index contributed by atoms with van der Waals surface area (Å²) < 4.78 is 4.78. The molecule has 1 atom stereocenters. The van der Waals surface area contributed by atoms with Gasteiger partial charge in [-0.2, -0.15) is 5.10 Å². The van der Waals surface area contributed by atoms with Crippen LogP contribution in [0.15, 0.2) is 12.3 Å². The monoisotopic (exact) mass is 197 g/mol. The molecular weight excluding hydrogens is 182 g/mol. The van der Waals surface area contributed by atoms with Crippen molar-refractivity contribution in [3.8, 4) is 0 Å². The van der Waals surface area contributed by atoms with Crippen LogP contribution in [-0.2, 0) is 9.53 Å². The maximum Gasteiger partial charge on any atom is 0.319 e. The molecule has 0 aliphatic carbocycles. The van der Waals surface area contributed by atoms with Gasteiger partial charge in [-0.1, -0.05) is 0 Å². The molecule has 2 N–H and O–H groups in total. The second-order valence-electron chi connectivity index (χ2n) is 2.92. The molecule has 0 bridgehead atoms. The number of ether oxygens (including phenoxy) is 1. The summed E-state index contributed by atoms with van der Waals surface area (Å²) in [5.41, 5.74) is 0.953. The Bertz CT molecular complexity index is 272. The largest absolute Gasteiger partial charge is 0.465 e.